The Labute approximate surface area is 142 Å². The van der Waals surface area contributed by atoms with Gasteiger partial charge in [0, 0.05) is 31.9 Å². The molecule has 0 atom stereocenters. The zero-order valence-corrected chi connectivity index (χ0v) is 14.1. The maximum absolute atomic E-state index is 11.9. The lowest BCUT2D eigenvalue weighted by atomic mass is 10.2. The molecule has 6 heteroatoms. The second-order valence-corrected chi connectivity index (χ2v) is 5.56. The fraction of sp³-hybridized carbons (Fsp3) is 0.278. The lowest BCUT2D eigenvalue weighted by Gasteiger charge is -2.11. The molecule has 0 aromatic heterocycles. The van der Waals surface area contributed by atoms with Crippen molar-refractivity contribution in [3.8, 4) is 0 Å². The van der Waals surface area contributed by atoms with E-state index in [0.29, 0.717) is 24.3 Å². The Balaban J connectivity index is 1.96. The monoisotopic (exact) mass is 325 g/mol. The Morgan fingerprint density at radius 2 is 1.54 bits per heavy atom. The molecule has 0 saturated heterocycles. The molecule has 0 heterocycles. The van der Waals surface area contributed by atoms with Crippen LogP contribution < -0.4 is 16.0 Å². The van der Waals surface area contributed by atoms with Crippen LogP contribution in [0.15, 0.2) is 58.8 Å². The number of anilines is 1. The van der Waals surface area contributed by atoms with Crippen LogP contribution in [0.3, 0.4) is 0 Å². The Bertz CT molecular complexity index is 678. The van der Waals surface area contributed by atoms with Crippen molar-refractivity contribution in [2.75, 3.05) is 32.1 Å². The van der Waals surface area contributed by atoms with E-state index in [1.165, 1.54) is 0 Å². The summed E-state index contributed by atoms with van der Waals surface area (Å²) in [6.45, 7) is 1.15. The quantitative estimate of drug-likeness (QED) is 0.605. The fourth-order valence-electron chi connectivity index (χ4n) is 2.02. The van der Waals surface area contributed by atoms with E-state index in [-0.39, 0.29) is 5.91 Å². The summed E-state index contributed by atoms with van der Waals surface area (Å²) in [5.41, 5.74) is 8.59. The number of azo groups is 1. The molecule has 0 aliphatic rings. The maximum Gasteiger partial charge on any atom is 0.251 e. The largest absolute Gasteiger partial charge is 0.378 e. The van der Waals surface area contributed by atoms with Crippen LogP contribution >= 0.6 is 0 Å². The molecule has 0 fully saturated rings. The van der Waals surface area contributed by atoms with Crippen molar-refractivity contribution in [1.82, 2.24) is 5.32 Å². The summed E-state index contributed by atoms with van der Waals surface area (Å²) in [5.74, 6) is -0.105. The lowest BCUT2D eigenvalue weighted by molar-refractivity contribution is 0.0953. The van der Waals surface area contributed by atoms with Gasteiger partial charge in [-0.05, 0) is 61.5 Å². The van der Waals surface area contributed by atoms with Crippen molar-refractivity contribution in [2.45, 2.75) is 6.42 Å². The van der Waals surface area contributed by atoms with Gasteiger partial charge in [0.25, 0.3) is 5.91 Å². The van der Waals surface area contributed by atoms with Gasteiger partial charge in [0.05, 0.1) is 11.4 Å². The topological polar surface area (TPSA) is 83.1 Å². The number of nitrogens with one attached hydrogen (secondary N) is 1. The standard InChI is InChI=1S/C18H23N5O/c1-23(2)17-10-8-16(9-11-17)22-21-15-6-4-14(5-7-15)18(24)20-13-3-12-19/h4-11H,3,12-13,19H2,1-2H3,(H,20,24)/b22-21+. The predicted molar refractivity (Wildman–Crippen MR) is 97.4 cm³/mol. The van der Waals surface area contributed by atoms with Crippen molar-refractivity contribution >= 4 is 23.0 Å². The maximum atomic E-state index is 11.9. The normalized spacial score (nSPS) is 10.8. The molecular formula is C18H23N5O. The molecule has 0 radical (unpaired) electrons. The van der Waals surface area contributed by atoms with Crippen molar-refractivity contribution in [3.63, 3.8) is 0 Å². The first-order valence-electron chi connectivity index (χ1n) is 7.87. The van der Waals surface area contributed by atoms with Crippen LogP contribution in [0.1, 0.15) is 16.8 Å². The van der Waals surface area contributed by atoms with E-state index >= 15 is 0 Å². The van der Waals surface area contributed by atoms with Crippen molar-refractivity contribution in [1.29, 1.82) is 0 Å². The Morgan fingerprint density at radius 1 is 1.00 bits per heavy atom. The zero-order chi connectivity index (χ0) is 17.4. The van der Waals surface area contributed by atoms with Crippen molar-refractivity contribution < 1.29 is 4.79 Å². The van der Waals surface area contributed by atoms with Crippen LogP contribution in [-0.4, -0.2) is 33.1 Å². The molecule has 126 valence electrons. The summed E-state index contributed by atoms with van der Waals surface area (Å²) in [4.78, 5) is 13.9. The third-order valence-corrected chi connectivity index (χ3v) is 3.44. The van der Waals surface area contributed by atoms with Crippen LogP contribution in [0.4, 0.5) is 17.1 Å². The van der Waals surface area contributed by atoms with Gasteiger partial charge < -0.3 is 16.0 Å². The SMILES string of the molecule is CN(C)c1ccc(/N=N/c2ccc(C(=O)NCCCN)cc2)cc1. The first-order chi connectivity index (χ1) is 11.6. The van der Waals surface area contributed by atoms with E-state index in [0.717, 1.165) is 17.8 Å². The molecule has 0 bridgehead atoms. The highest BCUT2D eigenvalue weighted by atomic mass is 16.1. The van der Waals surface area contributed by atoms with Crippen molar-refractivity contribution in [3.05, 3.63) is 54.1 Å². The van der Waals surface area contributed by atoms with E-state index in [9.17, 15) is 4.79 Å². The molecule has 6 nitrogen and oxygen atoms in total. The van der Waals surface area contributed by atoms with Crippen LogP contribution in [-0.2, 0) is 0 Å². The number of amides is 1. The third kappa shape index (κ3) is 5.17. The number of benzene rings is 2. The number of rotatable bonds is 7. The number of carbonyl (C=O) groups excluding carboxylic acids is 1. The molecule has 0 saturated carbocycles. The van der Waals surface area contributed by atoms with Crippen LogP contribution in [0, 0.1) is 0 Å². The molecular weight excluding hydrogens is 302 g/mol. The minimum Gasteiger partial charge on any atom is -0.378 e. The Hall–Kier alpha value is -2.73. The van der Waals surface area contributed by atoms with E-state index in [2.05, 4.69) is 15.5 Å². The molecule has 1 amide bonds. The molecule has 2 rings (SSSR count). The predicted octanol–water partition coefficient (Wildman–Crippen LogP) is 3.25. The molecule has 0 unspecified atom stereocenters. The summed E-state index contributed by atoms with van der Waals surface area (Å²) >= 11 is 0. The smallest absolute Gasteiger partial charge is 0.251 e. The summed E-state index contributed by atoms with van der Waals surface area (Å²) in [7, 11) is 3.98. The minimum absolute atomic E-state index is 0.105. The van der Waals surface area contributed by atoms with Crippen LogP contribution in [0.2, 0.25) is 0 Å². The molecule has 0 aliphatic carbocycles. The van der Waals surface area contributed by atoms with E-state index in [4.69, 9.17) is 5.73 Å². The number of hydrogen-bond donors (Lipinski definition) is 2. The van der Waals surface area contributed by atoms with Gasteiger partial charge in [0.2, 0.25) is 0 Å². The molecule has 2 aromatic carbocycles. The van der Waals surface area contributed by atoms with Gasteiger partial charge in [-0.1, -0.05) is 0 Å². The van der Waals surface area contributed by atoms with Gasteiger partial charge in [-0.3, -0.25) is 4.79 Å². The number of hydrogen-bond acceptors (Lipinski definition) is 5. The van der Waals surface area contributed by atoms with Gasteiger partial charge in [-0.15, -0.1) is 0 Å². The van der Waals surface area contributed by atoms with Crippen molar-refractivity contribution in [2.24, 2.45) is 16.0 Å². The number of carbonyl (C=O) groups is 1. The van der Waals surface area contributed by atoms with Crippen LogP contribution in [0.25, 0.3) is 0 Å². The van der Waals surface area contributed by atoms with Gasteiger partial charge in [0.15, 0.2) is 0 Å². The molecule has 0 aliphatic heterocycles. The minimum atomic E-state index is -0.105. The lowest BCUT2D eigenvalue weighted by Crippen LogP contribution is -2.25. The Kier molecular flexibility index (Phi) is 6.45. The van der Waals surface area contributed by atoms with Gasteiger partial charge in [-0.25, -0.2) is 0 Å². The first-order valence-corrected chi connectivity index (χ1v) is 7.87. The highest BCUT2D eigenvalue weighted by Crippen LogP contribution is 2.21. The third-order valence-electron chi connectivity index (χ3n) is 3.44. The second-order valence-electron chi connectivity index (χ2n) is 5.56. The van der Waals surface area contributed by atoms with Gasteiger partial charge >= 0.3 is 0 Å². The van der Waals surface area contributed by atoms with Gasteiger partial charge in [0.1, 0.15) is 0 Å². The highest BCUT2D eigenvalue weighted by Gasteiger charge is 2.04. The summed E-state index contributed by atoms with van der Waals surface area (Å²) in [6, 6.07) is 14.8. The summed E-state index contributed by atoms with van der Waals surface area (Å²) in [6.07, 6.45) is 0.769. The van der Waals surface area contributed by atoms with E-state index in [1.54, 1.807) is 24.3 Å². The second kappa shape index (κ2) is 8.79. The van der Waals surface area contributed by atoms with Crippen LogP contribution in [0.5, 0.6) is 0 Å². The molecule has 3 N–H and O–H groups in total. The summed E-state index contributed by atoms with van der Waals surface area (Å²) in [5, 5.41) is 11.2. The van der Waals surface area contributed by atoms with Gasteiger partial charge in [-0.2, -0.15) is 10.2 Å². The average molecular weight is 325 g/mol. The summed E-state index contributed by atoms with van der Waals surface area (Å²) < 4.78 is 0. The molecule has 0 spiro atoms. The first kappa shape index (κ1) is 17.6. The fourth-order valence-corrected chi connectivity index (χ4v) is 2.02. The number of nitrogens with zero attached hydrogens (tertiary/aromatic N) is 3. The zero-order valence-electron chi connectivity index (χ0n) is 14.1. The molecule has 24 heavy (non-hydrogen) atoms. The highest BCUT2D eigenvalue weighted by molar-refractivity contribution is 5.94. The van der Waals surface area contributed by atoms with E-state index in [1.807, 2.05) is 43.3 Å². The molecule has 2 aromatic rings. The average Bonchev–Trinajstić information content (AvgIpc) is 2.61. The Morgan fingerprint density at radius 3 is 2.04 bits per heavy atom. The number of nitrogens with two attached hydrogens (primary N) is 1. The van der Waals surface area contributed by atoms with E-state index < -0.39 is 0 Å².